The molecule has 1 unspecified atom stereocenters. The van der Waals surface area contributed by atoms with Gasteiger partial charge in [-0.2, -0.15) is 0 Å². The molecule has 1 aromatic heterocycles. The number of rotatable bonds is 6. The summed E-state index contributed by atoms with van der Waals surface area (Å²) in [7, 11) is 0. The number of carbonyl (C=O) groups is 1. The number of piperazine rings is 1. The molecule has 2 heterocycles. The number of halogens is 1. The molecule has 7 nitrogen and oxygen atoms in total. The van der Waals surface area contributed by atoms with Gasteiger partial charge in [-0.05, 0) is 24.6 Å². The second-order valence-corrected chi connectivity index (χ2v) is 7.38. The van der Waals surface area contributed by atoms with E-state index in [4.69, 9.17) is 11.6 Å². The third-order valence-electron chi connectivity index (χ3n) is 4.96. The maximum atomic E-state index is 12.0. The molecule has 1 aliphatic heterocycles. The third kappa shape index (κ3) is 4.91. The predicted molar refractivity (Wildman–Crippen MR) is 111 cm³/mol. The van der Waals surface area contributed by atoms with Crippen molar-refractivity contribution >= 4 is 29.1 Å². The Balaban J connectivity index is 1.60. The van der Waals surface area contributed by atoms with Crippen LogP contribution in [0.25, 0.3) is 0 Å². The standard InChI is InChI=1S/C20H26ClN5O2/c1-3-20(28)26-9-8-25(12-14(26)2)19-10-18(23-13-24-19)22-11-17(27)15-4-6-16(21)7-5-15/h4-7,10,13-14,17,27H,3,8-9,11-12H2,1-2H3,(H,22,23,24)/t14-,17?/m1/s1. The number of nitrogens with one attached hydrogen (secondary N) is 1. The van der Waals surface area contributed by atoms with E-state index >= 15 is 0 Å². The Labute approximate surface area is 170 Å². The first-order chi connectivity index (χ1) is 13.5. The fraction of sp³-hybridized carbons (Fsp3) is 0.450. The summed E-state index contributed by atoms with van der Waals surface area (Å²) < 4.78 is 0. The van der Waals surface area contributed by atoms with E-state index in [-0.39, 0.29) is 11.9 Å². The van der Waals surface area contributed by atoms with Crippen LogP contribution in [-0.4, -0.2) is 58.1 Å². The summed E-state index contributed by atoms with van der Waals surface area (Å²) in [6.07, 6.45) is 1.38. The lowest BCUT2D eigenvalue weighted by molar-refractivity contribution is -0.133. The molecule has 0 spiro atoms. The van der Waals surface area contributed by atoms with E-state index < -0.39 is 6.10 Å². The van der Waals surface area contributed by atoms with Crippen LogP contribution in [0.1, 0.15) is 31.9 Å². The number of aromatic nitrogens is 2. The summed E-state index contributed by atoms with van der Waals surface area (Å²) in [5.74, 6) is 1.65. The summed E-state index contributed by atoms with van der Waals surface area (Å²) in [6, 6.07) is 9.13. The smallest absolute Gasteiger partial charge is 0.222 e. The second kappa shape index (κ2) is 9.21. The summed E-state index contributed by atoms with van der Waals surface area (Å²) >= 11 is 5.88. The molecule has 1 saturated heterocycles. The van der Waals surface area contributed by atoms with E-state index in [0.717, 1.165) is 24.5 Å². The second-order valence-electron chi connectivity index (χ2n) is 6.95. The molecule has 8 heteroatoms. The van der Waals surface area contributed by atoms with Gasteiger partial charge in [0.05, 0.1) is 6.10 Å². The van der Waals surface area contributed by atoms with E-state index in [9.17, 15) is 9.90 Å². The maximum absolute atomic E-state index is 12.0. The van der Waals surface area contributed by atoms with Gasteiger partial charge in [0.2, 0.25) is 5.91 Å². The molecule has 150 valence electrons. The normalized spacial score (nSPS) is 18.1. The van der Waals surface area contributed by atoms with Crippen LogP contribution < -0.4 is 10.2 Å². The van der Waals surface area contributed by atoms with Gasteiger partial charge in [0.25, 0.3) is 0 Å². The van der Waals surface area contributed by atoms with Crippen molar-refractivity contribution in [2.24, 2.45) is 0 Å². The van der Waals surface area contributed by atoms with Crippen molar-refractivity contribution in [3.63, 3.8) is 0 Å². The van der Waals surface area contributed by atoms with Crippen LogP contribution in [0.2, 0.25) is 5.02 Å². The van der Waals surface area contributed by atoms with E-state index in [2.05, 4.69) is 27.1 Å². The zero-order valence-electron chi connectivity index (χ0n) is 16.2. The highest BCUT2D eigenvalue weighted by atomic mass is 35.5. The highest BCUT2D eigenvalue weighted by Crippen LogP contribution is 2.21. The summed E-state index contributed by atoms with van der Waals surface area (Å²) in [5, 5.41) is 14.1. The Kier molecular flexibility index (Phi) is 6.70. The lowest BCUT2D eigenvalue weighted by Crippen LogP contribution is -2.54. The molecular weight excluding hydrogens is 378 g/mol. The van der Waals surface area contributed by atoms with E-state index in [1.807, 2.05) is 17.9 Å². The molecule has 2 aromatic rings. The van der Waals surface area contributed by atoms with Crippen molar-refractivity contribution in [1.29, 1.82) is 0 Å². The lowest BCUT2D eigenvalue weighted by Gasteiger charge is -2.40. The fourth-order valence-electron chi connectivity index (χ4n) is 3.36. The Morgan fingerprint density at radius 1 is 1.32 bits per heavy atom. The Bertz CT molecular complexity index is 801. The van der Waals surface area contributed by atoms with Crippen molar-refractivity contribution in [1.82, 2.24) is 14.9 Å². The number of aliphatic hydroxyl groups is 1. The zero-order chi connectivity index (χ0) is 20.1. The number of anilines is 2. The number of nitrogens with zero attached hydrogens (tertiary/aromatic N) is 4. The number of hydrogen-bond donors (Lipinski definition) is 2. The zero-order valence-corrected chi connectivity index (χ0v) is 16.9. The first kappa shape index (κ1) is 20.4. The number of carbonyl (C=O) groups excluding carboxylic acids is 1. The van der Waals surface area contributed by atoms with Crippen molar-refractivity contribution < 1.29 is 9.90 Å². The first-order valence-electron chi connectivity index (χ1n) is 9.51. The van der Waals surface area contributed by atoms with Gasteiger partial charge >= 0.3 is 0 Å². The average Bonchev–Trinajstić information content (AvgIpc) is 2.72. The fourth-order valence-corrected chi connectivity index (χ4v) is 3.49. The maximum Gasteiger partial charge on any atom is 0.222 e. The Morgan fingerprint density at radius 3 is 2.75 bits per heavy atom. The van der Waals surface area contributed by atoms with Crippen molar-refractivity contribution in [2.75, 3.05) is 36.4 Å². The molecule has 0 radical (unpaired) electrons. The molecule has 0 saturated carbocycles. The van der Waals surface area contributed by atoms with Crippen molar-refractivity contribution in [3.8, 4) is 0 Å². The minimum absolute atomic E-state index is 0.138. The Morgan fingerprint density at radius 2 is 2.07 bits per heavy atom. The van der Waals surface area contributed by atoms with Gasteiger partial charge in [-0.1, -0.05) is 30.7 Å². The highest BCUT2D eigenvalue weighted by molar-refractivity contribution is 6.30. The first-order valence-corrected chi connectivity index (χ1v) is 9.89. The summed E-state index contributed by atoms with van der Waals surface area (Å²) in [6.45, 7) is 6.43. The predicted octanol–water partition coefficient (Wildman–Crippen LogP) is 2.72. The van der Waals surface area contributed by atoms with Gasteiger partial charge in [0, 0.05) is 49.7 Å². The van der Waals surface area contributed by atoms with Gasteiger partial charge in [0.15, 0.2) is 0 Å². The van der Waals surface area contributed by atoms with Crippen LogP contribution in [0.5, 0.6) is 0 Å². The molecule has 1 aliphatic rings. The largest absolute Gasteiger partial charge is 0.387 e. The van der Waals surface area contributed by atoms with E-state index in [1.165, 1.54) is 6.33 Å². The van der Waals surface area contributed by atoms with Crippen LogP contribution in [0, 0.1) is 0 Å². The summed E-state index contributed by atoms with van der Waals surface area (Å²) in [4.78, 5) is 24.7. The van der Waals surface area contributed by atoms with Gasteiger partial charge in [-0.3, -0.25) is 4.79 Å². The molecule has 0 aliphatic carbocycles. The molecule has 2 N–H and O–H groups in total. The minimum atomic E-state index is -0.667. The van der Waals surface area contributed by atoms with Crippen LogP contribution in [0.3, 0.4) is 0 Å². The van der Waals surface area contributed by atoms with Crippen LogP contribution in [0.15, 0.2) is 36.7 Å². The molecule has 28 heavy (non-hydrogen) atoms. The molecule has 1 amide bonds. The summed E-state index contributed by atoms with van der Waals surface area (Å²) in [5.41, 5.74) is 0.789. The lowest BCUT2D eigenvalue weighted by atomic mass is 10.1. The van der Waals surface area contributed by atoms with Crippen LogP contribution in [-0.2, 0) is 4.79 Å². The monoisotopic (exact) mass is 403 g/mol. The number of aliphatic hydroxyl groups excluding tert-OH is 1. The van der Waals surface area contributed by atoms with E-state index in [1.54, 1.807) is 24.3 Å². The molecule has 2 atom stereocenters. The van der Waals surface area contributed by atoms with Gasteiger partial charge < -0.3 is 20.2 Å². The van der Waals surface area contributed by atoms with Crippen molar-refractivity contribution in [3.05, 3.63) is 47.2 Å². The van der Waals surface area contributed by atoms with Crippen LogP contribution in [0.4, 0.5) is 11.6 Å². The highest BCUT2D eigenvalue weighted by Gasteiger charge is 2.27. The van der Waals surface area contributed by atoms with Gasteiger partial charge in [0.1, 0.15) is 18.0 Å². The van der Waals surface area contributed by atoms with Gasteiger partial charge in [-0.15, -0.1) is 0 Å². The van der Waals surface area contributed by atoms with Crippen molar-refractivity contribution in [2.45, 2.75) is 32.4 Å². The average molecular weight is 404 g/mol. The quantitative estimate of drug-likeness (QED) is 0.771. The number of benzene rings is 1. The molecule has 1 fully saturated rings. The third-order valence-corrected chi connectivity index (χ3v) is 5.21. The molecule has 3 rings (SSSR count). The molecule has 1 aromatic carbocycles. The number of amides is 1. The topological polar surface area (TPSA) is 81.6 Å². The SMILES string of the molecule is CCC(=O)N1CCN(c2cc(NCC(O)c3ccc(Cl)cc3)ncn2)C[C@H]1C. The van der Waals surface area contributed by atoms with E-state index in [0.29, 0.717) is 30.4 Å². The van der Waals surface area contributed by atoms with Crippen LogP contribution >= 0.6 is 11.6 Å². The minimum Gasteiger partial charge on any atom is -0.387 e. The molecule has 0 bridgehead atoms. The van der Waals surface area contributed by atoms with Gasteiger partial charge in [-0.25, -0.2) is 9.97 Å². The number of hydrogen-bond acceptors (Lipinski definition) is 6. The molecular formula is C20H26ClN5O2. The Hall–Kier alpha value is -2.38.